The molecule has 0 spiro atoms. The minimum atomic E-state index is -1.52. The van der Waals surface area contributed by atoms with E-state index < -0.39 is 11.8 Å². The first-order chi connectivity index (χ1) is 16.5. The summed E-state index contributed by atoms with van der Waals surface area (Å²) in [5.74, 6) is 1.69. The molecule has 178 valence electrons. The minimum Gasteiger partial charge on any atom is -0.454 e. The standard InChI is InChI=1S/C27H31N3O4/c28-24-20-7-5-16(9-17-6-8-22-23(11-17)34-15-33-22)10-21(20)27(32,18-3-1-2-4-18)25(31)30(24)26-12-19(26)13-29-14-26/h5-8,10-11,18-19,24,29,32H,1-4,9,12-15,28H2/t19-,24?,26?,27-/m0/s1. The van der Waals surface area contributed by atoms with Gasteiger partial charge in [-0.1, -0.05) is 37.1 Å². The molecule has 1 saturated heterocycles. The molecule has 3 aliphatic heterocycles. The zero-order valence-corrected chi connectivity index (χ0v) is 19.3. The molecule has 4 N–H and O–H groups in total. The Hall–Kier alpha value is -2.61. The Morgan fingerprint density at radius 2 is 1.82 bits per heavy atom. The molecule has 2 aromatic carbocycles. The third kappa shape index (κ3) is 2.78. The minimum absolute atomic E-state index is 0.0718. The molecule has 0 aromatic heterocycles. The summed E-state index contributed by atoms with van der Waals surface area (Å²) in [5.41, 5.74) is 8.77. The molecule has 7 nitrogen and oxygen atoms in total. The summed E-state index contributed by atoms with van der Waals surface area (Å²) in [7, 11) is 0. The zero-order chi connectivity index (χ0) is 23.1. The lowest BCUT2D eigenvalue weighted by Gasteiger charge is -2.49. The van der Waals surface area contributed by atoms with E-state index >= 15 is 0 Å². The maximum Gasteiger partial charge on any atom is 0.261 e. The summed E-state index contributed by atoms with van der Waals surface area (Å²) in [4.78, 5) is 16.0. The van der Waals surface area contributed by atoms with Crippen LogP contribution in [0.4, 0.5) is 0 Å². The van der Waals surface area contributed by atoms with Gasteiger partial charge in [0.2, 0.25) is 6.79 Å². The van der Waals surface area contributed by atoms with E-state index in [2.05, 4.69) is 11.4 Å². The number of carbonyl (C=O) groups is 1. The average Bonchev–Trinajstić information content (AvgIpc) is 3.33. The number of amides is 1. The zero-order valence-electron chi connectivity index (χ0n) is 19.3. The van der Waals surface area contributed by atoms with Gasteiger partial charge in [-0.15, -0.1) is 0 Å². The van der Waals surface area contributed by atoms with Crippen molar-refractivity contribution in [1.29, 1.82) is 0 Å². The molecule has 2 aromatic rings. The van der Waals surface area contributed by atoms with Gasteiger partial charge in [-0.05, 0) is 60.4 Å². The first-order valence-electron chi connectivity index (χ1n) is 12.5. The number of nitrogens with two attached hydrogens (primary N) is 1. The van der Waals surface area contributed by atoms with E-state index in [1.54, 1.807) is 0 Å². The predicted octanol–water partition coefficient (Wildman–Crippen LogP) is 2.55. The second-order valence-electron chi connectivity index (χ2n) is 10.8. The molecule has 5 aliphatic rings. The third-order valence-corrected chi connectivity index (χ3v) is 8.96. The highest BCUT2D eigenvalue weighted by Gasteiger charge is 2.67. The van der Waals surface area contributed by atoms with Gasteiger partial charge in [-0.2, -0.15) is 0 Å². The second kappa shape index (κ2) is 7.20. The molecule has 34 heavy (non-hydrogen) atoms. The van der Waals surface area contributed by atoms with Crippen LogP contribution in [0.15, 0.2) is 36.4 Å². The van der Waals surface area contributed by atoms with Crippen LogP contribution in [0.2, 0.25) is 0 Å². The molecule has 3 fully saturated rings. The summed E-state index contributed by atoms with van der Waals surface area (Å²) in [6.07, 6.45) is 4.94. The number of nitrogens with zero attached hydrogens (tertiary/aromatic N) is 1. The van der Waals surface area contributed by atoms with E-state index in [0.29, 0.717) is 17.9 Å². The summed E-state index contributed by atoms with van der Waals surface area (Å²) in [6, 6.07) is 12.1. The van der Waals surface area contributed by atoms with Crippen molar-refractivity contribution >= 4 is 5.91 Å². The Kier molecular flexibility index (Phi) is 4.39. The average molecular weight is 462 g/mol. The summed E-state index contributed by atoms with van der Waals surface area (Å²) in [5, 5.41) is 15.7. The van der Waals surface area contributed by atoms with Gasteiger partial charge in [0.25, 0.3) is 5.91 Å². The first kappa shape index (κ1) is 20.7. The van der Waals surface area contributed by atoms with Crippen molar-refractivity contribution in [1.82, 2.24) is 10.2 Å². The molecule has 0 bridgehead atoms. The molecular formula is C27H31N3O4. The number of carbonyl (C=O) groups excluding carboxylic acids is 1. The Morgan fingerprint density at radius 3 is 2.59 bits per heavy atom. The fourth-order valence-corrected chi connectivity index (χ4v) is 7.06. The summed E-state index contributed by atoms with van der Waals surface area (Å²) >= 11 is 0. The van der Waals surface area contributed by atoms with E-state index in [1.807, 2.05) is 35.2 Å². The lowest BCUT2D eigenvalue weighted by Crippen LogP contribution is -2.62. The Labute approximate surface area is 199 Å². The number of piperidine rings is 1. The highest BCUT2D eigenvalue weighted by Crippen LogP contribution is 2.58. The van der Waals surface area contributed by atoms with Crippen LogP contribution in [0, 0.1) is 11.8 Å². The van der Waals surface area contributed by atoms with Crippen molar-refractivity contribution in [2.75, 3.05) is 19.9 Å². The molecule has 2 saturated carbocycles. The number of fused-ring (bicyclic) bond motifs is 3. The van der Waals surface area contributed by atoms with Crippen molar-refractivity contribution < 1.29 is 19.4 Å². The number of rotatable bonds is 4. The molecular weight excluding hydrogens is 430 g/mol. The van der Waals surface area contributed by atoms with E-state index in [-0.39, 0.29) is 24.2 Å². The van der Waals surface area contributed by atoms with Gasteiger partial charge in [0.05, 0.1) is 5.54 Å². The Morgan fingerprint density at radius 1 is 1.06 bits per heavy atom. The smallest absolute Gasteiger partial charge is 0.261 e. The molecule has 2 aliphatic carbocycles. The predicted molar refractivity (Wildman–Crippen MR) is 125 cm³/mol. The largest absolute Gasteiger partial charge is 0.454 e. The molecule has 7 heteroatoms. The highest BCUT2D eigenvalue weighted by molar-refractivity contribution is 5.91. The normalized spacial score (nSPS) is 33.8. The Bertz CT molecular complexity index is 1180. The monoisotopic (exact) mass is 461 g/mol. The number of hydrogen-bond donors (Lipinski definition) is 3. The molecule has 1 amide bonds. The topological polar surface area (TPSA) is 97.0 Å². The Balaban J connectivity index is 1.30. The van der Waals surface area contributed by atoms with Gasteiger partial charge < -0.3 is 30.5 Å². The number of nitrogens with one attached hydrogen (secondary N) is 1. The van der Waals surface area contributed by atoms with Crippen LogP contribution in [-0.2, 0) is 16.8 Å². The fourth-order valence-electron chi connectivity index (χ4n) is 7.06. The van der Waals surface area contributed by atoms with E-state index in [0.717, 1.165) is 73.4 Å². The van der Waals surface area contributed by atoms with E-state index in [4.69, 9.17) is 15.2 Å². The SMILES string of the molecule is NC1c2ccc(Cc3ccc4c(c3)OCO4)cc2[C@@](O)(C2CCCC2)C(=O)N1C12CNC[C@@H]1C2. The number of hydrogen-bond acceptors (Lipinski definition) is 6. The van der Waals surface area contributed by atoms with Crippen LogP contribution in [0.5, 0.6) is 11.5 Å². The summed E-state index contributed by atoms with van der Waals surface area (Å²) in [6.45, 7) is 1.93. The van der Waals surface area contributed by atoms with Crippen LogP contribution in [0.3, 0.4) is 0 Å². The van der Waals surface area contributed by atoms with Gasteiger partial charge in [0.15, 0.2) is 17.1 Å². The van der Waals surface area contributed by atoms with Crippen LogP contribution >= 0.6 is 0 Å². The number of aliphatic hydroxyl groups is 1. The van der Waals surface area contributed by atoms with Gasteiger partial charge >= 0.3 is 0 Å². The van der Waals surface area contributed by atoms with Crippen LogP contribution in [-0.4, -0.2) is 41.3 Å². The number of ether oxygens (including phenoxy) is 2. The van der Waals surface area contributed by atoms with E-state index in [9.17, 15) is 9.90 Å². The first-order valence-corrected chi connectivity index (χ1v) is 12.5. The summed E-state index contributed by atoms with van der Waals surface area (Å²) < 4.78 is 11.0. The number of benzene rings is 2. The van der Waals surface area contributed by atoms with Crippen molar-refractivity contribution in [2.24, 2.45) is 17.6 Å². The molecule has 4 atom stereocenters. The van der Waals surface area contributed by atoms with Crippen LogP contribution < -0.4 is 20.5 Å². The quantitative estimate of drug-likeness (QED) is 0.648. The van der Waals surface area contributed by atoms with Gasteiger partial charge in [-0.3, -0.25) is 4.79 Å². The highest BCUT2D eigenvalue weighted by atomic mass is 16.7. The van der Waals surface area contributed by atoms with Gasteiger partial charge in [-0.25, -0.2) is 0 Å². The van der Waals surface area contributed by atoms with Crippen LogP contribution in [0.25, 0.3) is 0 Å². The lowest BCUT2D eigenvalue weighted by molar-refractivity contribution is -0.169. The van der Waals surface area contributed by atoms with Crippen molar-refractivity contribution in [3.8, 4) is 11.5 Å². The molecule has 2 unspecified atom stereocenters. The van der Waals surface area contributed by atoms with Crippen LogP contribution in [0.1, 0.15) is 60.5 Å². The van der Waals surface area contributed by atoms with Gasteiger partial charge in [0.1, 0.15) is 6.17 Å². The molecule has 0 radical (unpaired) electrons. The molecule has 7 rings (SSSR count). The van der Waals surface area contributed by atoms with Crippen molar-refractivity contribution in [2.45, 2.75) is 55.8 Å². The fraction of sp³-hybridized carbons (Fsp3) is 0.519. The van der Waals surface area contributed by atoms with Crippen molar-refractivity contribution in [3.05, 3.63) is 58.7 Å². The van der Waals surface area contributed by atoms with Crippen molar-refractivity contribution in [3.63, 3.8) is 0 Å². The molecule has 3 heterocycles. The van der Waals surface area contributed by atoms with E-state index in [1.165, 1.54) is 0 Å². The van der Waals surface area contributed by atoms with Gasteiger partial charge in [0, 0.05) is 24.6 Å². The maximum atomic E-state index is 14.2. The maximum absolute atomic E-state index is 14.2. The lowest BCUT2D eigenvalue weighted by atomic mass is 9.73. The second-order valence-corrected chi connectivity index (χ2v) is 10.8. The third-order valence-electron chi connectivity index (χ3n) is 8.96.